The van der Waals surface area contributed by atoms with Crippen molar-refractivity contribution in [3.8, 4) is 11.5 Å². The summed E-state index contributed by atoms with van der Waals surface area (Å²) in [5.41, 5.74) is 2.65. The number of nitrogens with zero attached hydrogens (tertiary/aromatic N) is 3. The van der Waals surface area contributed by atoms with Gasteiger partial charge in [-0.25, -0.2) is 9.97 Å². The largest absolute Gasteiger partial charge is 0.493 e. The molecule has 41 heavy (non-hydrogen) atoms. The molecule has 1 saturated heterocycles. The Morgan fingerprint density at radius 1 is 0.951 bits per heavy atom. The van der Waals surface area contributed by atoms with Crippen LogP contribution in [0.3, 0.4) is 0 Å². The highest BCUT2D eigenvalue weighted by molar-refractivity contribution is 9.10. The van der Waals surface area contributed by atoms with E-state index >= 15 is 0 Å². The van der Waals surface area contributed by atoms with Gasteiger partial charge in [0.2, 0.25) is 0 Å². The first-order chi connectivity index (χ1) is 19.5. The molecule has 0 saturated carbocycles. The van der Waals surface area contributed by atoms with Crippen LogP contribution in [0.15, 0.2) is 40.9 Å². The van der Waals surface area contributed by atoms with Crippen LogP contribution < -0.4 is 14.8 Å². The second-order valence-electron chi connectivity index (χ2n) is 12.8. The summed E-state index contributed by atoms with van der Waals surface area (Å²) in [5, 5.41) is 4.49. The number of benzene rings is 2. The van der Waals surface area contributed by atoms with Gasteiger partial charge in [-0.05, 0) is 104 Å². The maximum atomic E-state index is 6.22. The zero-order valence-corrected chi connectivity index (χ0v) is 27.7. The number of unbranched alkanes of at least 4 members (excludes halogenated alkanes) is 4. The SMILES string of the molecule is COc1cc2c(N[C@H](C)c3cccc(Br)c3)nc(C)nc2cc1OCCCCCCCN1C(C)(C)CCCC1(C)C. The molecule has 224 valence electrons. The third-order valence-electron chi connectivity index (χ3n) is 8.62. The van der Waals surface area contributed by atoms with E-state index in [1.807, 2.05) is 31.2 Å². The number of methoxy groups -OCH3 is 1. The summed E-state index contributed by atoms with van der Waals surface area (Å²) in [4.78, 5) is 12.2. The number of rotatable bonds is 13. The first-order valence-electron chi connectivity index (χ1n) is 15.3. The molecular weight excluding hydrogens is 576 g/mol. The van der Waals surface area contributed by atoms with Crippen LogP contribution in [0.5, 0.6) is 11.5 Å². The summed E-state index contributed by atoms with van der Waals surface area (Å²) in [7, 11) is 1.69. The lowest BCUT2D eigenvalue weighted by atomic mass is 9.79. The number of aryl methyl sites for hydroxylation is 1. The predicted octanol–water partition coefficient (Wildman–Crippen LogP) is 9.25. The summed E-state index contributed by atoms with van der Waals surface area (Å²) in [6.45, 7) is 15.6. The van der Waals surface area contributed by atoms with Crippen molar-refractivity contribution in [3.63, 3.8) is 0 Å². The molecule has 1 aliphatic heterocycles. The van der Waals surface area contributed by atoms with Gasteiger partial charge < -0.3 is 14.8 Å². The highest BCUT2D eigenvalue weighted by atomic mass is 79.9. The average Bonchev–Trinajstić information content (AvgIpc) is 2.90. The Kier molecular flexibility index (Phi) is 10.6. The summed E-state index contributed by atoms with van der Waals surface area (Å²) >= 11 is 3.57. The van der Waals surface area contributed by atoms with Crippen molar-refractivity contribution in [2.75, 3.05) is 25.6 Å². The second-order valence-corrected chi connectivity index (χ2v) is 13.7. The molecule has 1 atom stereocenters. The smallest absolute Gasteiger partial charge is 0.163 e. The van der Waals surface area contributed by atoms with Crippen LogP contribution in [-0.2, 0) is 0 Å². The summed E-state index contributed by atoms with van der Waals surface area (Å²) in [5.74, 6) is 2.95. The number of ether oxygens (including phenoxy) is 2. The fourth-order valence-electron chi connectivity index (χ4n) is 6.43. The standard InChI is InChI=1S/C34H49BrN4O2/c1-24(26-15-13-16-27(35)21-26)36-32-28-22-30(40-7)31(23-29(28)37-25(2)38-32)41-20-12-10-8-9-11-19-39-33(3,4)17-14-18-34(39,5)6/h13,15-16,21-24H,8-12,14,17-20H2,1-7H3,(H,36,37,38)/t24-/m1/s1. The molecule has 7 heteroatoms. The van der Waals surface area contributed by atoms with Gasteiger partial charge >= 0.3 is 0 Å². The monoisotopic (exact) mass is 624 g/mol. The molecule has 1 fully saturated rings. The molecule has 6 nitrogen and oxygen atoms in total. The van der Waals surface area contributed by atoms with Crippen molar-refractivity contribution >= 4 is 32.7 Å². The number of halogens is 1. The molecule has 0 unspecified atom stereocenters. The minimum Gasteiger partial charge on any atom is -0.493 e. The van der Waals surface area contributed by atoms with Gasteiger partial charge in [-0.2, -0.15) is 0 Å². The topological polar surface area (TPSA) is 59.5 Å². The molecule has 3 aromatic rings. The van der Waals surface area contributed by atoms with E-state index < -0.39 is 0 Å². The lowest BCUT2D eigenvalue weighted by molar-refractivity contribution is -0.0276. The van der Waals surface area contributed by atoms with E-state index in [1.54, 1.807) is 7.11 Å². The van der Waals surface area contributed by atoms with Gasteiger partial charge in [-0.1, -0.05) is 47.3 Å². The van der Waals surface area contributed by atoms with Crippen LogP contribution >= 0.6 is 15.9 Å². The van der Waals surface area contributed by atoms with E-state index in [4.69, 9.17) is 19.4 Å². The first-order valence-corrected chi connectivity index (χ1v) is 16.1. The number of fused-ring (bicyclic) bond motifs is 1. The Hall–Kier alpha value is -2.38. The summed E-state index contributed by atoms with van der Waals surface area (Å²) < 4.78 is 13.0. The fraction of sp³-hybridized carbons (Fsp3) is 0.588. The first kappa shape index (κ1) is 31.6. The van der Waals surface area contributed by atoms with Crippen molar-refractivity contribution in [2.45, 2.75) is 110 Å². The number of hydrogen-bond acceptors (Lipinski definition) is 6. The van der Waals surface area contributed by atoms with Crippen LogP contribution in [0.2, 0.25) is 0 Å². The van der Waals surface area contributed by atoms with Gasteiger partial charge in [0, 0.05) is 27.0 Å². The average molecular weight is 626 g/mol. The van der Waals surface area contributed by atoms with Crippen molar-refractivity contribution in [1.82, 2.24) is 14.9 Å². The second kappa shape index (κ2) is 13.7. The van der Waals surface area contributed by atoms with Crippen LogP contribution in [0, 0.1) is 6.92 Å². The fourth-order valence-corrected chi connectivity index (χ4v) is 6.85. The van der Waals surface area contributed by atoms with Gasteiger partial charge in [0.05, 0.1) is 25.3 Å². The van der Waals surface area contributed by atoms with Gasteiger partial charge in [0.25, 0.3) is 0 Å². The zero-order valence-electron chi connectivity index (χ0n) is 26.1. The molecule has 0 radical (unpaired) electrons. The Morgan fingerprint density at radius 3 is 2.37 bits per heavy atom. The van der Waals surface area contributed by atoms with Crippen molar-refractivity contribution < 1.29 is 9.47 Å². The minimum absolute atomic E-state index is 0.0738. The highest BCUT2D eigenvalue weighted by Crippen LogP contribution is 2.38. The number of anilines is 1. The molecule has 2 aromatic carbocycles. The number of piperidine rings is 1. The molecule has 4 rings (SSSR count). The Labute approximate surface area is 255 Å². The Bertz CT molecular complexity index is 1290. The van der Waals surface area contributed by atoms with E-state index in [1.165, 1.54) is 57.1 Å². The lowest BCUT2D eigenvalue weighted by Crippen LogP contribution is -2.58. The maximum absolute atomic E-state index is 6.22. The van der Waals surface area contributed by atoms with Crippen molar-refractivity contribution in [1.29, 1.82) is 0 Å². The molecule has 0 spiro atoms. The number of hydrogen-bond donors (Lipinski definition) is 1. The minimum atomic E-state index is 0.0738. The molecule has 2 heterocycles. The van der Waals surface area contributed by atoms with Crippen LogP contribution in [0.1, 0.15) is 103 Å². The van der Waals surface area contributed by atoms with E-state index in [0.717, 1.165) is 33.4 Å². The summed E-state index contributed by atoms with van der Waals surface area (Å²) in [6, 6.07) is 12.4. The van der Waals surface area contributed by atoms with Gasteiger partial charge in [0.1, 0.15) is 11.6 Å². The third kappa shape index (κ3) is 8.13. The molecule has 1 aliphatic rings. The van der Waals surface area contributed by atoms with Crippen molar-refractivity contribution in [3.05, 3.63) is 52.3 Å². The van der Waals surface area contributed by atoms with Crippen molar-refractivity contribution in [2.24, 2.45) is 0 Å². The van der Waals surface area contributed by atoms with Crippen LogP contribution in [0.25, 0.3) is 10.9 Å². The van der Waals surface area contributed by atoms with E-state index in [-0.39, 0.29) is 6.04 Å². The van der Waals surface area contributed by atoms with Crippen LogP contribution in [-0.4, -0.2) is 46.2 Å². The molecular formula is C34H49BrN4O2. The number of nitrogens with one attached hydrogen (secondary N) is 1. The molecule has 1 N–H and O–H groups in total. The molecule has 0 aliphatic carbocycles. The highest BCUT2D eigenvalue weighted by Gasteiger charge is 2.40. The molecule has 0 bridgehead atoms. The number of likely N-dealkylation sites (tertiary alicyclic amines) is 1. The van der Waals surface area contributed by atoms with E-state index in [0.29, 0.717) is 29.3 Å². The number of aromatic nitrogens is 2. The van der Waals surface area contributed by atoms with E-state index in [9.17, 15) is 0 Å². The quantitative estimate of drug-likeness (QED) is 0.191. The molecule has 1 aromatic heterocycles. The lowest BCUT2D eigenvalue weighted by Gasteiger charge is -2.53. The van der Waals surface area contributed by atoms with Gasteiger partial charge in [-0.3, -0.25) is 4.90 Å². The van der Waals surface area contributed by atoms with Gasteiger partial charge in [0.15, 0.2) is 11.5 Å². The predicted molar refractivity (Wildman–Crippen MR) is 174 cm³/mol. The van der Waals surface area contributed by atoms with E-state index in [2.05, 4.69) is 72.9 Å². The maximum Gasteiger partial charge on any atom is 0.163 e. The van der Waals surface area contributed by atoms with Gasteiger partial charge in [-0.15, -0.1) is 0 Å². The molecule has 0 amide bonds. The zero-order chi connectivity index (χ0) is 29.6. The Balaban J connectivity index is 1.30. The normalized spacial score (nSPS) is 17.4. The third-order valence-corrected chi connectivity index (χ3v) is 9.11. The Morgan fingerprint density at radius 2 is 1.66 bits per heavy atom. The van der Waals surface area contributed by atoms with Crippen LogP contribution in [0.4, 0.5) is 5.82 Å². The summed E-state index contributed by atoms with van der Waals surface area (Å²) in [6.07, 6.45) is 9.93.